The van der Waals surface area contributed by atoms with Gasteiger partial charge in [0.2, 0.25) is 0 Å². The molecular formula is C21H12F3N3O3. The molecule has 0 unspecified atom stereocenters. The molecule has 0 amide bonds. The van der Waals surface area contributed by atoms with E-state index in [-0.39, 0.29) is 17.1 Å². The van der Waals surface area contributed by atoms with Crippen LogP contribution >= 0.6 is 0 Å². The van der Waals surface area contributed by atoms with Gasteiger partial charge in [0, 0.05) is 0 Å². The van der Waals surface area contributed by atoms with E-state index in [4.69, 9.17) is 0 Å². The molecule has 0 aliphatic carbocycles. The summed E-state index contributed by atoms with van der Waals surface area (Å²) < 4.78 is 42.9. The Labute approximate surface area is 166 Å². The van der Waals surface area contributed by atoms with Gasteiger partial charge < -0.3 is 0 Å². The van der Waals surface area contributed by atoms with E-state index >= 15 is 0 Å². The fourth-order valence-corrected chi connectivity index (χ4v) is 3.05. The normalized spacial score (nSPS) is 10.9. The second-order valence-corrected chi connectivity index (χ2v) is 6.29. The number of aromatic nitrogens is 3. The third-order valence-electron chi connectivity index (χ3n) is 4.35. The zero-order valence-corrected chi connectivity index (χ0v) is 15.1. The number of halogens is 3. The van der Waals surface area contributed by atoms with Gasteiger partial charge in [-0.2, -0.15) is 0 Å². The predicted molar refractivity (Wildman–Crippen MR) is 103 cm³/mol. The largest absolute Gasteiger partial charge is 0.345 e. The molecule has 0 bridgehead atoms. The smallest absolute Gasteiger partial charge is 0.246 e. The minimum absolute atomic E-state index is 0.152. The molecule has 0 saturated carbocycles. The van der Waals surface area contributed by atoms with Gasteiger partial charge in [0.25, 0.3) is 0 Å². The molecule has 4 rings (SSSR count). The number of benzene rings is 3. The van der Waals surface area contributed by atoms with Crippen LogP contribution in [-0.4, -0.2) is 13.7 Å². The van der Waals surface area contributed by atoms with Crippen molar-refractivity contribution in [3.05, 3.63) is 122 Å². The molecule has 9 heteroatoms. The zero-order chi connectivity index (χ0) is 21.4. The molecule has 0 spiro atoms. The Morgan fingerprint density at radius 2 is 0.733 bits per heavy atom. The summed E-state index contributed by atoms with van der Waals surface area (Å²) >= 11 is 0. The highest BCUT2D eigenvalue weighted by molar-refractivity contribution is 5.38. The first-order valence-electron chi connectivity index (χ1n) is 8.66. The van der Waals surface area contributed by atoms with Crippen LogP contribution in [0.4, 0.5) is 13.2 Å². The van der Waals surface area contributed by atoms with Crippen molar-refractivity contribution in [3.8, 4) is 17.1 Å². The van der Waals surface area contributed by atoms with Crippen LogP contribution < -0.4 is 17.1 Å². The van der Waals surface area contributed by atoms with Crippen molar-refractivity contribution in [3.63, 3.8) is 0 Å². The lowest BCUT2D eigenvalue weighted by Crippen LogP contribution is -2.52. The molecule has 0 radical (unpaired) electrons. The zero-order valence-electron chi connectivity index (χ0n) is 15.1. The molecule has 1 heterocycles. The lowest BCUT2D eigenvalue weighted by Gasteiger charge is -2.14. The third kappa shape index (κ3) is 3.26. The molecule has 3 aromatic carbocycles. The summed E-state index contributed by atoms with van der Waals surface area (Å²) in [5.41, 5.74) is -3.85. The Kier molecular flexibility index (Phi) is 4.71. The quantitative estimate of drug-likeness (QED) is 0.521. The maximum Gasteiger partial charge on any atom is 0.345 e. The van der Waals surface area contributed by atoms with Gasteiger partial charge in [-0.1, -0.05) is 18.2 Å². The van der Waals surface area contributed by atoms with Crippen molar-refractivity contribution < 1.29 is 13.2 Å². The van der Waals surface area contributed by atoms with Gasteiger partial charge in [0.05, 0.1) is 17.1 Å². The van der Waals surface area contributed by atoms with E-state index in [1.54, 1.807) is 0 Å². The SMILES string of the molecule is O=c1n(-c2cccc(F)c2)c(=O)n(-c2cccc(F)c2)c(=O)n1-c1cccc(F)c1. The Morgan fingerprint density at radius 1 is 0.467 bits per heavy atom. The van der Waals surface area contributed by atoms with Gasteiger partial charge in [-0.05, 0) is 54.6 Å². The van der Waals surface area contributed by atoms with Crippen LogP contribution in [0.25, 0.3) is 17.1 Å². The molecule has 0 fully saturated rings. The van der Waals surface area contributed by atoms with E-state index in [1.165, 1.54) is 36.4 Å². The van der Waals surface area contributed by atoms with Crippen LogP contribution in [0.2, 0.25) is 0 Å². The Balaban J connectivity index is 2.18. The predicted octanol–water partition coefficient (Wildman–Crippen LogP) is 2.56. The van der Waals surface area contributed by atoms with Crippen LogP contribution in [0, 0.1) is 17.5 Å². The molecule has 150 valence electrons. The van der Waals surface area contributed by atoms with Gasteiger partial charge in [0.1, 0.15) is 17.5 Å². The van der Waals surface area contributed by atoms with Crippen LogP contribution in [0.1, 0.15) is 0 Å². The summed E-state index contributed by atoms with van der Waals surface area (Å²) in [5.74, 6) is -2.17. The van der Waals surface area contributed by atoms with Crippen LogP contribution in [0.3, 0.4) is 0 Å². The fourth-order valence-electron chi connectivity index (χ4n) is 3.05. The number of hydrogen-bond acceptors (Lipinski definition) is 3. The summed E-state index contributed by atoms with van der Waals surface area (Å²) in [6, 6.07) is 13.8. The molecule has 6 nitrogen and oxygen atoms in total. The van der Waals surface area contributed by atoms with E-state index < -0.39 is 34.5 Å². The van der Waals surface area contributed by atoms with Crippen molar-refractivity contribution in [1.29, 1.82) is 0 Å². The van der Waals surface area contributed by atoms with Crippen molar-refractivity contribution in [2.45, 2.75) is 0 Å². The molecule has 0 aliphatic heterocycles. The van der Waals surface area contributed by atoms with Crippen LogP contribution in [-0.2, 0) is 0 Å². The number of rotatable bonds is 3. The highest BCUT2D eigenvalue weighted by Gasteiger charge is 2.20. The van der Waals surface area contributed by atoms with E-state index in [0.29, 0.717) is 13.7 Å². The molecule has 0 aliphatic rings. The third-order valence-corrected chi connectivity index (χ3v) is 4.35. The first-order chi connectivity index (χ1) is 14.4. The Bertz CT molecular complexity index is 1250. The molecule has 0 saturated heterocycles. The summed E-state index contributed by atoms with van der Waals surface area (Å²) in [5, 5.41) is 0. The number of nitrogens with zero attached hydrogens (tertiary/aromatic N) is 3. The van der Waals surface area contributed by atoms with Crippen molar-refractivity contribution in [2.75, 3.05) is 0 Å². The summed E-state index contributed by atoms with van der Waals surface area (Å²) in [7, 11) is 0. The van der Waals surface area contributed by atoms with Crippen molar-refractivity contribution >= 4 is 0 Å². The average molecular weight is 411 g/mol. The molecule has 30 heavy (non-hydrogen) atoms. The standard InChI is InChI=1S/C21H12F3N3O3/c22-13-4-1-7-16(10-13)25-19(28)26(17-8-2-5-14(23)11-17)21(30)27(20(25)29)18-9-3-6-15(24)12-18/h1-12H. The number of hydrogen-bond donors (Lipinski definition) is 0. The van der Waals surface area contributed by atoms with Crippen molar-refractivity contribution in [2.24, 2.45) is 0 Å². The fraction of sp³-hybridized carbons (Fsp3) is 0. The molecule has 1 aromatic heterocycles. The van der Waals surface area contributed by atoms with Gasteiger partial charge in [-0.25, -0.2) is 41.3 Å². The van der Waals surface area contributed by atoms with E-state index in [2.05, 4.69) is 0 Å². The maximum atomic E-state index is 13.8. The first-order valence-corrected chi connectivity index (χ1v) is 8.66. The minimum atomic E-state index is -1.13. The Morgan fingerprint density at radius 3 is 0.967 bits per heavy atom. The first kappa shape index (κ1) is 19.2. The molecule has 4 aromatic rings. The summed E-state index contributed by atoms with van der Waals surface area (Å²) in [6.45, 7) is 0. The summed E-state index contributed by atoms with van der Waals surface area (Å²) in [4.78, 5) is 39.2. The Hall–Kier alpha value is -4.14. The van der Waals surface area contributed by atoms with Crippen LogP contribution in [0.5, 0.6) is 0 Å². The van der Waals surface area contributed by atoms with E-state index in [1.807, 2.05) is 0 Å². The van der Waals surface area contributed by atoms with E-state index in [9.17, 15) is 27.6 Å². The van der Waals surface area contributed by atoms with Crippen molar-refractivity contribution in [1.82, 2.24) is 13.7 Å². The lowest BCUT2D eigenvalue weighted by atomic mass is 10.3. The van der Waals surface area contributed by atoms with Crippen LogP contribution in [0.15, 0.2) is 87.2 Å². The monoisotopic (exact) mass is 411 g/mol. The topological polar surface area (TPSA) is 66.0 Å². The van der Waals surface area contributed by atoms with Gasteiger partial charge in [-0.3, -0.25) is 0 Å². The lowest BCUT2D eigenvalue weighted by molar-refractivity contribution is 0.611. The van der Waals surface area contributed by atoms with E-state index in [0.717, 1.165) is 36.4 Å². The second kappa shape index (κ2) is 7.36. The molecule has 0 N–H and O–H groups in total. The summed E-state index contributed by atoms with van der Waals surface area (Å²) in [6.07, 6.45) is 0. The molecular weight excluding hydrogens is 399 g/mol. The molecule has 0 atom stereocenters. The van der Waals surface area contributed by atoms with Gasteiger partial charge in [0.15, 0.2) is 0 Å². The second-order valence-electron chi connectivity index (χ2n) is 6.29. The minimum Gasteiger partial charge on any atom is -0.246 e. The van der Waals surface area contributed by atoms with Gasteiger partial charge in [-0.15, -0.1) is 0 Å². The van der Waals surface area contributed by atoms with Gasteiger partial charge >= 0.3 is 17.1 Å². The average Bonchev–Trinajstić information content (AvgIpc) is 2.68. The highest BCUT2D eigenvalue weighted by atomic mass is 19.1. The maximum absolute atomic E-state index is 13.8. The highest BCUT2D eigenvalue weighted by Crippen LogP contribution is 2.10.